The van der Waals surface area contributed by atoms with E-state index in [4.69, 9.17) is 8.83 Å². The molecule has 4 aromatic rings. The van der Waals surface area contributed by atoms with Crippen LogP contribution in [0.2, 0.25) is 0 Å². The number of benzene rings is 1. The van der Waals surface area contributed by atoms with Gasteiger partial charge >= 0.3 is 5.63 Å². The van der Waals surface area contributed by atoms with E-state index in [1.807, 2.05) is 16.7 Å². The molecule has 7 nitrogen and oxygen atoms in total. The zero-order valence-electron chi connectivity index (χ0n) is 13.9. The first kappa shape index (κ1) is 16.5. The maximum atomic E-state index is 11.9. The average molecular weight is 369 g/mol. The topological polar surface area (TPSA) is 94.3 Å². The van der Waals surface area contributed by atoms with Crippen molar-refractivity contribution in [2.24, 2.45) is 0 Å². The summed E-state index contributed by atoms with van der Waals surface area (Å²) in [5, 5.41) is 19.5. The molecular formula is C18H15N3O4S. The Morgan fingerprint density at radius 2 is 2.19 bits per heavy atom. The Hall–Kier alpha value is -3.00. The van der Waals surface area contributed by atoms with Gasteiger partial charge in [-0.25, -0.2) is 4.79 Å². The fourth-order valence-corrected chi connectivity index (χ4v) is 3.62. The highest BCUT2D eigenvalue weighted by Gasteiger charge is 2.13. The van der Waals surface area contributed by atoms with Crippen molar-refractivity contribution in [2.45, 2.75) is 24.4 Å². The lowest BCUT2D eigenvalue weighted by Crippen LogP contribution is -2.02. The number of nitrogens with zero attached hydrogens (tertiary/aromatic N) is 3. The van der Waals surface area contributed by atoms with Gasteiger partial charge in [-0.1, -0.05) is 11.8 Å². The number of phenols is 1. The summed E-state index contributed by atoms with van der Waals surface area (Å²) < 4.78 is 12.5. The highest BCUT2D eigenvalue weighted by Crippen LogP contribution is 2.30. The molecule has 26 heavy (non-hydrogen) atoms. The molecule has 0 atom stereocenters. The summed E-state index contributed by atoms with van der Waals surface area (Å²) in [6, 6.07) is 8.55. The van der Waals surface area contributed by atoms with E-state index in [2.05, 4.69) is 10.2 Å². The van der Waals surface area contributed by atoms with Crippen LogP contribution in [0.25, 0.3) is 11.0 Å². The average Bonchev–Trinajstić information content (AvgIpc) is 3.29. The van der Waals surface area contributed by atoms with Crippen LogP contribution in [-0.2, 0) is 12.3 Å². The maximum Gasteiger partial charge on any atom is 0.336 e. The largest absolute Gasteiger partial charge is 0.508 e. The molecule has 1 aromatic carbocycles. The standard InChI is InChI=1S/C18H15N3O4S/c1-11-15(22)5-4-14-12(7-16(23)25-17(11)14)9-26-18-20-19-10-21(18)8-13-3-2-6-24-13/h2-7,10,22H,8-9H2,1H3. The number of hydrogen-bond acceptors (Lipinski definition) is 7. The van der Waals surface area contributed by atoms with Gasteiger partial charge < -0.3 is 18.5 Å². The Balaban J connectivity index is 1.62. The molecule has 1 N–H and O–H groups in total. The number of aromatic nitrogens is 3. The number of fused-ring (bicyclic) bond motifs is 1. The third kappa shape index (κ3) is 3.11. The van der Waals surface area contributed by atoms with E-state index in [-0.39, 0.29) is 5.75 Å². The number of rotatable bonds is 5. The van der Waals surface area contributed by atoms with Crippen molar-refractivity contribution in [3.63, 3.8) is 0 Å². The first-order valence-corrected chi connectivity index (χ1v) is 8.88. The molecule has 8 heteroatoms. The molecule has 3 aromatic heterocycles. The van der Waals surface area contributed by atoms with Crippen LogP contribution in [-0.4, -0.2) is 19.9 Å². The molecule has 0 unspecified atom stereocenters. The number of aryl methyl sites for hydroxylation is 1. The maximum absolute atomic E-state index is 11.9. The van der Waals surface area contributed by atoms with Crippen molar-refractivity contribution in [3.8, 4) is 5.75 Å². The number of thioether (sulfide) groups is 1. The number of aromatic hydroxyl groups is 1. The predicted octanol–water partition coefficient (Wildman–Crippen LogP) is 3.33. The van der Waals surface area contributed by atoms with Crippen LogP contribution >= 0.6 is 11.8 Å². The zero-order valence-corrected chi connectivity index (χ0v) is 14.7. The van der Waals surface area contributed by atoms with Gasteiger partial charge in [0.1, 0.15) is 23.4 Å². The summed E-state index contributed by atoms with van der Waals surface area (Å²) in [5.74, 6) is 1.43. The van der Waals surface area contributed by atoms with Crippen molar-refractivity contribution in [3.05, 3.63) is 70.2 Å². The highest BCUT2D eigenvalue weighted by atomic mass is 32.2. The number of furan rings is 1. The number of hydrogen-bond donors (Lipinski definition) is 1. The van der Waals surface area contributed by atoms with E-state index in [0.29, 0.717) is 23.4 Å². The Labute approximate surface area is 152 Å². The lowest BCUT2D eigenvalue weighted by Gasteiger charge is -2.08. The minimum Gasteiger partial charge on any atom is -0.508 e. The third-order valence-corrected chi connectivity index (χ3v) is 5.09. The summed E-state index contributed by atoms with van der Waals surface area (Å²) in [7, 11) is 0. The molecule has 0 spiro atoms. The van der Waals surface area contributed by atoms with Crippen LogP contribution in [0.5, 0.6) is 5.75 Å². The molecule has 0 saturated heterocycles. The smallest absolute Gasteiger partial charge is 0.336 e. The van der Waals surface area contributed by atoms with E-state index in [9.17, 15) is 9.90 Å². The molecule has 3 heterocycles. The van der Waals surface area contributed by atoms with Crippen LogP contribution < -0.4 is 5.63 Å². The van der Waals surface area contributed by atoms with Crippen LogP contribution in [0.1, 0.15) is 16.9 Å². The lowest BCUT2D eigenvalue weighted by atomic mass is 10.1. The van der Waals surface area contributed by atoms with Gasteiger partial charge in [-0.05, 0) is 36.8 Å². The fourth-order valence-electron chi connectivity index (χ4n) is 2.71. The summed E-state index contributed by atoms with van der Waals surface area (Å²) in [6.45, 7) is 2.25. The quantitative estimate of drug-likeness (QED) is 0.426. The van der Waals surface area contributed by atoms with Gasteiger partial charge in [0.05, 0.1) is 12.8 Å². The molecular weight excluding hydrogens is 354 g/mol. The Kier molecular flexibility index (Phi) is 4.26. The van der Waals surface area contributed by atoms with E-state index >= 15 is 0 Å². The summed E-state index contributed by atoms with van der Waals surface area (Å²) in [5.41, 5.74) is 1.33. The van der Waals surface area contributed by atoms with Gasteiger partial charge in [0.15, 0.2) is 5.16 Å². The van der Waals surface area contributed by atoms with Crippen LogP contribution in [0.4, 0.5) is 0 Å². The van der Waals surface area contributed by atoms with Crippen LogP contribution in [0, 0.1) is 6.92 Å². The van der Waals surface area contributed by atoms with Crippen molar-refractivity contribution in [1.29, 1.82) is 0 Å². The number of phenolic OH excluding ortho intramolecular Hbond substituents is 1. The highest BCUT2D eigenvalue weighted by molar-refractivity contribution is 7.98. The Morgan fingerprint density at radius 3 is 3.00 bits per heavy atom. The molecule has 0 aliphatic rings. The van der Waals surface area contributed by atoms with E-state index < -0.39 is 5.63 Å². The first-order valence-electron chi connectivity index (χ1n) is 7.90. The summed E-state index contributed by atoms with van der Waals surface area (Å²) >= 11 is 1.47. The SMILES string of the molecule is Cc1c(O)ccc2c(CSc3nncn3Cc3ccco3)cc(=O)oc12. The predicted molar refractivity (Wildman–Crippen MR) is 96.3 cm³/mol. The summed E-state index contributed by atoms with van der Waals surface area (Å²) in [4.78, 5) is 11.9. The van der Waals surface area contributed by atoms with Gasteiger partial charge in [-0.3, -0.25) is 0 Å². The second-order valence-electron chi connectivity index (χ2n) is 5.79. The molecule has 0 bridgehead atoms. The van der Waals surface area contributed by atoms with Gasteiger partial charge in [0, 0.05) is 22.8 Å². The second-order valence-corrected chi connectivity index (χ2v) is 6.73. The normalized spacial score (nSPS) is 11.3. The molecule has 0 saturated carbocycles. The second kappa shape index (κ2) is 6.72. The molecule has 0 fully saturated rings. The minimum atomic E-state index is -0.446. The van der Waals surface area contributed by atoms with Gasteiger partial charge in [-0.15, -0.1) is 10.2 Å². The minimum absolute atomic E-state index is 0.101. The van der Waals surface area contributed by atoms with E-state index in [1.54, 1.807) is 31.6 Å². The molecule has 4 rings (SSSR count). The van der Waals surface area contributed by atoms with E-state index in [0.717, 1.165) is 21.9 Å². The van der Waals surface area contributed by atoms with Crippen molar-refractivity contribution in [1.82, 2.24) is 14.8 Å². The third-order valence-electron chi connectivity index (χ3n) is 4.06. The fraction of sp³-hybridized carbons (Fsp3) is 0.167. The Bertz CT molecular complexity index is 1120. The molecule has 0 aliphatic carbocycles. The zero-order chi connectivity index (χ0) is 18.1. The van der Waals surface area contributed by atoms with Crippen LogP contribution in [0.15, 0.2) is 61.7 Å². The lowest BCUT2D eigenvalue weighted by molar-refractivity contribution is 0.468. The van der Waals surface area contributed by atoms with Gasteiger partial charge in [0.25, 0.3) is 0 Å². The monoisotopic (exact) mass is 369 g/mol. The van der Waals surface area contributed by atoms with E-state index in [1.165, 1.54) is 17.8 Å². The Morgan fingerprint density at radius 1 is 1.31 bits per heavy atom. The summed E-state index contributed by atoms with van der Waals surface area (Å²) in [6.07, 6.45) is 3.27. The molecule has 132 valence electrons. The van der Waals surface area contributed by atoms with Crippen molar-refractivity contribution < 1.29 is 13.9 Å². The first-order chi connectivity index (χ1) is 12.6. The van der Waals surface area contributed by atoms with Crippen LogP contribution in [0.3, 0.4) is 0 Å². The van der Waals surface area contributed by atoms with Crippen molar-refractivity contribution in [2.75, 3.05) is 0 Å². The molecule has 0 radical (unpaired) electrons. The van der Waals surface area contributed by atoms with Crippen molar-refractivity contribution >= 4 is 22.7 Å². The molecule has 0 aliphatic heterocycles. The van der Waals surface area contributed by atoms with Gasteiger partial charge in [0.2, 0.25) is 0 Å². The molecule has 0 amide bonds. The van der Waals surface area contributed by atoms with Gasteiger partial charge in [-0.2, -0.15) is 0 Å².